The van der Waals surface area contributed by atoms with Crippen molar-refractivity contribution < 1.29 is 13.2 Å². The zero-order valence-corrected chi connectivity index (χ0v) is 18.9. The Morgan fingerprint density at radius 2 is 1.80 bits per heavy atom. The molecule has 1 N–H and O–H groups in total. The van der Waals surface area contributed by atoms with Gasteiger partial charge in [-0.3, -0.25) is 4.79 Å². The van der Waals surface area contributed by atoms with Crippen LogP contribution in [0, 0.1) is 6.92 Å². The van der Waals surface area contributed by atoms with E-state index in [1.54, 1.807) is 6.07 Å². The van der Waals surface area contributed by atoms with Crippen molar-refractivity contribution in [1.82, 2.24) is 9.62 Å². The van der Waals surface area contributed by atoms with Gasteiger partial charge in [-0.15, -0.1) is 0 Å². The molecule has 7 heteroatoms. The number of nitrogens with zero attached hydrogens (tertiary/aromatic N) is 1. The number of hydrogen-bond donors (Lipinski definition) is 1. The van der Waals surface area contributed by atoms with E-state index < -0.39 is 10.0 Å². The van der Waals surface area contributed by atoms with Gasteiger partial charge in [-0.25, -0.2) is 8.42 Å². The second-order valence-corrected chi connectivity index (χ2v) is 10.1. The van der Waals surface area contributed by atoms with Crippen molar-refractivity contribution in [3.63, 3.8) is 0 Å². The molecule has 162 valence electrons. The standard InChI is InChI=1S/C23H29ClN2O3S/c1-18-8-6-9-19(16-18)10-7-13-25-23(27)20-11-12-21(24)22(17-20)30(28,29)26-14-4-2-3-5-15-26/h6,8-9,11-12,16-17H,2-5,7,10,13-15H2,1H3,(H,25,27). The fraction of sp³-hybridized carbons (Fsp3) is 0.435. The second-order valence-electron chi connectivity index (χ2n) is 7.81. The summed E-state index contributed by atoms with van der Waals surface area (Å²) < 4.78 is 27.7. The highest BCUT2D eigenvalue weighted by Gasteiger charge is 2.28. The maximum Gasteiger partial charge on any atom is 0.251 e. The van der Waals surface area contributed by atoms with Crippen molar-refractivity contribution >= 4 is 27.5 Å². The van der Waals surface area contributed by atoms with Gasteiger partial charge >= 0.3 is 0 Å². The number of halogens is 1. The predicted molar refractivity (Wildman–Crippen MR) is 121 cm³/mol. The number of rotatable bonds is 7. The highest BCUT2D eigenvalue weighted by Crippen LogP contribution is 2.27. The normalized spacial score (nSPS) is 15.5. The molecule has 0 atom stereocenters. The lowest BCUT2D eigenvalue weighted by Crippen LogP contribution is -2.32. The minimum Gasteiger partial charge on any atom is -0.352 e. The first-order valence-corrected chi connectivity index (χ1v) is 12.3. The third kappa shape index (κ3) is 5.84. The quantitative estimate of drug-likeness (QED) is 0.630. The topological polar surface area (TPSA) is 66.5 Å². The molecular formula is C23H29ClN2O3S. The van der Waals surface area contributed by atoms with Crippen molar-refractivity contribution in [3.05, 3.63) is 64.2 Å². The Morgan fingerprint density at radius 3 is 2.50 bits per heavy atom. The molecule has 0 aromatic heterocycles. The Morgan fingerprint density at radius 1 is 1.07 bits per heavy atom. The van der Waals surface area contributed by atoms with E-state index >= 15 is 0 Å². The maximum atomic E-state index is 13.1. The van der Waals surface area contributed by atoms with Crippen LogP contribution < -0.4 is 5.32 Å². The molecule has 5 nitrogen and oxygen atoms in total. The maximum absolute atomic E-state index is 13.1. The third-order valence-corrected chi connectivity index (χ3v) is 7.77. The molecule has 0 radical (unpaired) electrons. The van der Waals surface area contributed by atoms with Crippen molar-refractivity contribution in [1.29, 1.82) is 0 Å². The van der Waals surface area contributed by atoms with Gasteiger partial charge in [0.25, 0.3) is 5.91 Å². The molecule has 0 unspecified atom stereocenters. The van der Waals surface area contributed by atoms with Gasteiger partial charge < -0.3 is 5.32 Å². The molecule has 1 aliphatic heterocycles. The number of sulfonamides is 1. The smallest absolute Gasteiger partial charge is 0.251 e. The summed E-state index contributed by atoms with van der Waals surface area (Å²) in [4.78, 5) is 12.6. The first-order chi connectivity index (χ1) is 14.4. The van der Waals surface area contributed by atoms with Gasteiger partial charge in [-0.2, -0.15) is 4.31 Å². The van der Waals surface area contributed by atoms with Gasteiger partial charge in [0.1, 0.15) is 4.90 Å². The molecule has 2 aromatic carbocycles. The Kier molecular flexibility index (Phi) is 7.92. The minimum absolute atomic E-state index is 0.0125. The number of benzene rings is 2. The molecule has 1 fully saturated rings. The average molecular weight is 449 g/mol. The zero-order valence-electron chi connectivity index (χ0n) is 17.4. The lowest BCUT2D eigenvalue weighted by molar-refractivity contribution is 0.0953. The van der Waals surface area contributed by atoms with E-state index in [1.807, 2.05) is 6.07 Å². The molecular weight excluding hydrogens is 420 g/mol. The number of nitrogens with one attached hydrogen (secondary N) is 1. The minimum atomic E-state index is -3.72. The summed E-state index contributed by atoms with van der Waals surface area (Å²) in [5.41, 5.74) is 2.76. The number of amides is 1. The monoisotopic (exact) mass is 448 g/mol. The average Bonchev–Trinajstić information content (AvgIpc) is 3.01. The van der Waals surface area contributed by atoms with Gasteiger partial charge in [-0.05, 0) is 56.4 Å². The second kappa shape index (κ2) is 10.4. The van der Waals surface area contributed by atoms with Crippen LogP contribution in [0.25, 0.3) is 0 Å². The van der Waals surface area contributed by atoms with E-state index in [9.17, 15) is 13.2 Å². The summed E-state index contributed by atoms with van der Waals surface area (Å²) in [5, 5.41) is 3.03. The molecule has 0 aliphatic carbocycles. The first-order valence-electron chi connectivity index (χ1n) is 10.5. The Bertz CT molecular complexity index is 984. The molecule has 1 aliphatic rings. The SMILES string of the molecule is Cc1cccc(CCCNC(=O)c2ccc(Cl)c(S(=O)(=O)N3CCCCCC3)c2)c1. The molecule has 3 rings (SSSR count). The van der Waals surface area contributed by atoms with Gasteiger partial charge in [0.15, 0.2) is 0 Å². The van der Waals surface area contributed by atoms with Crippen molar-refractivity contribution in [3.8, 4) is 0 Å². The lowest BCUT2D eigenvalue weighted by Gasteiger charge is -2.21. The zero-order chi connectivity index (χ0) is 21.6. The van der Waals surface area contributed by atoms with E-state index in [0.717, 1.165) is 38.5 Å². The van der Waals surface area contributed by atoms with Crippen molar-refractivity contribution in [2.24, 2.45) is 0 Å². The van der Waals surface area contributed by atoms with Gasteiger partial charge in [0, 0.05) is 25.2 Å². The molecule has 1 saturated heterocycles. The fourth-order valence-corrected chi connectivity index (χ4v) is 5.75. The third-order valence-electron chi connectivity index (χ3n) is 5.39. The van der Waals surface area contributed by atoms with E-state index in [0.29, 0.717) is 25.2 Å². The van der Waals surface area contributed by atoms with Gasteiger partial charge in [-0.1, -0.05) is 54.3 Å². The van der Waals surface area contributed by atoms with Crippen molar-refractivity contribution in [2.45, 2.75) is 50.3 Å². The highest BCUT2D eigenvalue weighted by atomic mass is 35.5. The van der Waals surface area contributed by atoms with Crippen LogP contribution in [0.1, 0.15) is 53.6 Å². The van der Waals surface area contributed by atoms with Crippen LogP contribution in [0.5, 0.6) is 0 Å². The Hall–Kier alpha value is -1.89. The molecule has 2 aromatic rings. The van der Waals surface area contributed by atoms with Crippen LogP contribution in [0.3, 0.4) is 0 Å². The van der Waals surface area contributed by atoms with Crippen molar-refractivity contribution in [2.75, 3.05) is 19.6 Å². The number of carbonyl (C=O) groups excluding carboxylic acids is 1. The van der Waals surface area contributed by atoms with Gasteiger partial charge in [0.05, 0.1) is 5.02 Å². The van der Waals surface area contributed by atoms with Crippen LogP contribution in [-0.2, 0) is 16.4 Å². The number of aryl methyl sites for hydroxylation is 2. The largest absolute Gasteiger partial charge is 0.352 e. The molecule has 0 saturated carbocycles. The summed E-state index contributed by atoms with van der Waals surface area (Å²) in [6.45, 7) is 3.56. The van der Waals surface area contributed by atoms with E-state index in [4.69, 9.17) is 11.6 Å². The molecule has 0 bridgehead atoms. The van der Waals surface area contributed by atoms with Crippen LogP contribution in [0.15, 0.2) is 47.4 Å². The summed E-state index contributed by atoms with van der Waals surface area (Å²) in [6, 6.07) is 12.8. The lowest BCUT2D eigenvalue weighted by atomic mass is 10.1. The van der Waals surface area contributed by atoms with E-state index in [-0.39, 0.29) is 15.8 Å². The van der Waals surface area contributed by atoms with E-state index in [1.165, 1.54) is 27.6 Å². The van der Waals surface area contributed by atoms with Crippen LogP contribution in [0.2, 0.25) is 5.02 Å². The molecule has 1 amide bonds. The van der Waals surface area contributed by atoms with Crippen LogP contribution in [-0.4, -0.2) is 38.3 Å². The summed E-state index contributed by atoms with van der Waals surface area (Å²) in [7, 11) is -3.72. The first kappa shape index (κ1) is 22.8. The fourth-order valence-electron chi connectivity index (χ4n) is 3.73. The summed E-state index contributed by atoms with van der Waals surface area (Å²) in [5.74, 6) is -0.289. The summed E-state index contributed by atoms with van der Waals surface area (Å²) in [6.07, 6.45) is 5.43. The van der Waals surface area contributed by atoms with Gasteiger partial charge in [0.2, 0.25) is 10.0 Å². The predicted octanol–water partition coefficient (Wildman–Crippen LogP) is 4.58. The van der Waals surface area contributed by atoms with E-state index in [2.05, 4.69) is 30.4 Å². The molecule has 0 spiro atoms. The number of hydrogen-bond acceptors (Lipinski definition) is 3. The summed E-state index contributed by atoms with van der Waals surface area (Å²) >= 11 is 6.22. The molecule has 30 heavy (non-hydrogen) atoms. The van der Waals surface area contributed by atoms with Crippen LogP contribution >= 0.6 is 11.6 Å². The Balaban J connectivity index is 1.64. The highest BCUT2D eigenvalue weighted by molar-refractivity contribution is 7.89. The van der Waals surface area contributed by atoms with Crippen LogP contribution in [0.4, 0.5) is 0 Å². The Labute approximate surface area is 184 Å². The molecule has 1 heterocycles. The number of carbonyl (C=O) groups is 1.